The predicted molar refractivity (Wildman–Crippen MR) is 138 cm³/mol. The molecular weight excluding hydrogens is 504 g/mol. The minimum Gasteiger partial charge on any atom is -0.494 e. The van der Waals surface area contributed by atoms with E-state index in [4.69, 9.17) is 21.7 Å². The lowest BCUT2D eigenvalue weighted by Gasteiger charge is -2.16. The highest BCUT2D eigenvalue weighted by atomic mass is 35.5. The van der Waals surface area contributed by atoms with Crippen molar-refractivity contribution in [1.82, 2.24) is 25.0 Å². The van der Waals surface area contributed by atoms with Gasteiger partial charge >= 0.3 is 0 Å². The number of methoxy groups -OCH3 is 1. The Bertz CT molecular complexity index is 1490. The molecule has 0 aliphatic rings. The molecule has 0 spiro atoms. The number of hydrogen-bond donors (Lipinski definition) is 4. The van der Waals surface area contributed by atoms with E-state index in [2.05, 4.69) is 25.9 Å². The Morgan fingerprint density at radius 3 is 2.70 bits per heavy atom. The molecule has 192 valence electrons. The Balaban J connectivity index is 1.57. The van der Waals surface area contributed by atoms with E-state index < -0.39 is 11.6 Å². The monoisotopic (exact) mass is 527 g/mol. The van der Waals surface area contributed by atoms with Crippen molar-refractivity contribution in [1.29, 1.82) is 5.41 Å². The maximum atomic E-state index is 14.7. The third kappa shape index (κ3) is 5.46. The molecule has 1 atom stereocenters. The van der Waals surface area contributed by atoms with Gasteiger partial charge in [-0.3, -0.25) is 14.6 Å². The van der Waals surface area contributed by atoms with E-state index in [1.165, 1.54) is 31.6 Å². The smallest absolute Gasteiger partial charge is 0.253 e. The van der Waals surface area contributed by atoms with E-state index >= 15 is 0 Å². The Kier molecular flexibility index (Phi) is 7.53. The summed E-state index contributed by atoms with van der Waals surface area (Å²) in [6.07, 6.45) is 4.50. The number of nitrogens with zero attached hydrogens (tertiary/aromatic N) is 3. The predicted octanol–water partition coefficient (Wildman–Crippen LogP) is 4.79. The molecule has 1 amide bonds. The number of aromatic nitrogens is 3. The van der Waals surface area contributed by atoms with Crippen LogP contribution < -0.4 is 20.7 Å². The number of carbonyl (C=O) groups excluding carboxylic acids is 1. The summed E-state index contributed by atoms with van der Waals surface area (Å²) >= 11 is 6.38. The molecule has 0 radical (unpaired) electrons. The Morgan fingerprint density at radius 1 is 1.22 bits per heavy atom. The van der Waals surface area contributed by atoms with Crippen molar-refractivity contribution in [2.45, 2.75) is 19.9 Å². The third-order valence-corrected chi connectivity index (χ3v) is 5.81. The van der Waals surface area contributed by atoms with Crippen LogP contribution in [0.2, 0.25) is 5.02 Å². The number of imidazole rings is 1. The number of amidine groups is 1. The lowest BCUT2D eigenvalue weighted by Crippen LogP contribution is -2.41. The fraction of sp³-hybridized carbons (Fsp3) is 0.200. The number of hydrogen-bond acceptors (Lipinski definition) is 6. The zero-order valence-corrected chi connectivity index (χ0v) is 21.0. The van der Waals surface area contributed by atoms with E-state index in [1.54, 1.807) is 35.7 Å². The molecule has 0 unspecified atom stereocenters. The van der Waals surface area contributed by atoms with Crippen molar-refractivity contribution in [3.63, 3.8) is 0 Å². The Labute approximate surface area is 216 Å². The van der Waals surface area contributed by atoms with E-state index in [9.17, 15) is 13.6 Å². The first-order chi connectivity index (χ1) is 17.7. The van der Waals surface area contributed by atoms with Gasteiger partial charge in [0.15, 0.2) is 23.0 Å². The molecule has 2 aromatic heterocycles. The van der Waals surface area contributed by atoms with Crippen molar-refractivity contribution in [3.05, 3.63) is 71.1 Å². The third-order valence-electron chi connectivity index (χ3n) is 5.50. The number of nitrogens with one attached hydrogen (secondary N) is 4. The maximum absolute atomic E-state index is 14.7. The minimum absolute atomic E-state index is 0.0153. The molecule has 0 fully saturated rings. The van der Waals surface area contributed by atoms with Gasteiger partial charge in [0.25, 0.3) is 5.91 Å². The van der Waals surface area contributed by atoms with Crippen LogP contribution in [0.1, 0.15) is 24.2 Å². The largest absolute Gasteiger partial charge is 0.494 e. The van der Waals surface area contributed by atoms with Gasteiger partial charge in [-0.1, -0.05) is 11.6 Å². The van der Waals surface area contributed by atoms with Crippen molar-refractivity contribution in [3.8, 4) is 17.0 Å². The summed E-state index contributed by atoms with van der Waals surface area (Å²) in [6.45, 7) is 3.84. The van der Waals surface area contributed by atoms with Gasteiger partial charge in [-0.15, -0.1) is 0 Å². The molecule has 2 aromatic carbocycles. The number of halogens is 3. The molecule has 4 aromatic rings. The Morgan fingerprint density at radius 2 is 2.00 bits per heavy atom. The van der Waals surface area contributed by atoms with Gasteiger partial charge in [-0.2, -0.15) is 4.39 Å². The summed E-state index contributed by atoms with van der Waals surface area (Å²) in [5, 5.41) is 16.4. The van der Waals surface area contributed by atoms with Crippen LogP contribution in [-0.4, -0.2) is 45.8 Å². The normalized spacial score (nSPS) is 11.7. The highest BCUT2D eigenvalue weighted by Crippen LogP contribution is 2.32. The summed E-state index contributed by atoms with van der Waals surface area (Å²) in [5.41, 5.74) is 1.54. The maximum Gasteiger partial charge on any atom is 0.253 e. The number of fused-ring (bicyclic) bond motifs is 1. The highest BCUT2D eigenvalue weighted by Gasteiger charge is 2.19. The lowest BCUT2D eigenvalue weighted by molar-refractivity contribution is 0.0940. The minimum atomic E-state index is -1.09. The molecule has 0 saturated carbocycles. The van der Waals surface area contributed by atoms with Gasteiger partial charge in [-0.25, -0.2) is 14.4 Å². The molecule has 4 N–H and O–H groups in total. The van der Waals surface area contributed by atoms with Crippen molar-refractivity contribution >= 4 is 40.5 Å². The first kappa shape index (κ1) is 25.8. The van der Waals surface area contributed by atoms with Crippen LogP contribution >= 0.6 is 11.6 Å². The van der Waals surface area contributed by atoms with Gasteiger partial charge in [0.1, 0.15) is 0 Å². The number of carbonyl (C=O) groups is 1. The summed E-state index contributed by atoms with van der Waals surface area (Å²) in [4.78, 5) is 21.2. The fourth-order valence-corrected chi connectivity index (χ4v) is 3.93. The van der Waals surface area contributed by atoms with Crippen LogP contribution in [0.5, 0.6) is 5.75 Å². The van der Waals surface area contributed by atoms with Gasteiger partial charge < -0.3 is 20.7 Å². The van der Waals surface area contributed by atoms with Gasteiger partial charge in [0.05, 0.1) is 35.4 Å². The van der Waals surface area contributed by atoms with Crippen LogP contribution in [0, 0.1) is 17.0 Å². The van der Waals surface area contributed by atoms with Crippen molar-refractivity contribution < 1.29 is 18.3 Å². The van der Waals surface area contributed by atoms with E-state index in [0.717, 1.165) is 0 Å². The number of benzene rings is 2. The van der Waals surface area contributed by atoms with Crippen LogP contribution in [0.25, 0.3) is 16.9 Å². The number of ether oxygens (including phenoxy) is 1. The average Bonchev–Trinajstić information content (AvgIpc) is 3.29. The van der Waals surface area contributed by atoms with Gasteiger partial charge in [-0.05, 0) is 44.2 Å². The molecular formula is C25H24ClF2N7O2. The molecule has 12 heteroatoms. The lowest BCUT2D eigenvalue weighted by atomic mass is 10.1. The van der Waals surface area contributed by atoms with Crippen molar-refractivity contribution in [2.75, 3.05) is 19.0 Å². The second kappa shape index (κ2) is 10.8. The van der Waals surface area contributed by atoms with Crippen LogP contribution in [0.4, 0.5) is 20.3 Å². The molecule has 2 heterocycles. The molecule has 37 heavy (non-hydrogen) atoms. The van der Waals surface area contributed by atoms with Crippen LogP contribution in [-0.2, 0) is 0 Å². The molecule has 0 aliphatic carbocycles. The van der Waals surface area contributed by atoms with Gasteiger partial charge in [0.2, 0.25) is 5.82 Å². The quantitative estimate of drug-likeness (QED) is 0.193. The second-order valence-corrected chi connectivity index (χ2v) is 8.66. The first-order valence-electron chi connectivity index (χ1n) is 11.2. The SMILES string of the molecule is COc1ccc(-c2cnc3c(Nc4ccc(C(=O)N[C@H](C)CNC(C)=N)c(Cl)c4)nccn23)c(F)c1F. The molecule has 0 aliphatic heterocycles. The van der Waals surface area contributed by atoms with Crippen LogP contribution in [0.15, 0.2) is 48.9 Å². The zero-order valence-electron chi connectivity index (χ0n) is 20.2. The van der Waals surface area contributed by atoms with Crippen LogP contribution in [0.3, 0.4) is 0 Å². The number of anilines is 2. The first-order valence-corrected chi connectivity index (χ1v) is 11.6. The second-order valence-electron chi connectivity index (χ2n) is 8.26. The number of rotatable bonds is 8. The van der Waals surface area contributed by atoms with E-state index in [-0.39, 0.29) is 33.8 Å². The number of amides is 1. The molecule has 4 rings (SSSR count). The molecule has 9 nitrogen and oxygen atoms in total. The topological polar surface area (TPSA) is 116 Å². The molecule has 0 saturated heterocycles. The van der Waals surface area contributed by atoms with Gasteiger partial charge in [0, 0.05) is 36.2 Å². The fourth-order valence-electron chi connectivity index (χ4n) is 3.67. The Hall–Kier alpha value is -4.25. The highest BCUT2D eigenvalue weighted by molar-refractivity contribution is 6.34. The summed E-state index contributed by atoms with van der Waals surface area (Å²) in [6, 6.07) is 7.37. The van der Waals surface area contributed by atoms with E-state index in [1.807, 2.05) is 6.92 Å². The summed E-state index contributed by atoms with van der Waals surface area (Å²) < 4.78 is 35.4. The molecule has 0 bridgehead atoms. The van der Waals surface area contributed by atoms with E-state index in [0.29, 0.717) is 35.2 Å². The zero-order chi connectivity index (χ0) is 26.7. The summed E-state index contributed by atoms with van der Waals surface area (Å²) in [5.74, 6) is -2.02. The summed E-state index contributed by atoms with van der Waals surface area (Å²) in [7, 11) is 1.26. The van der Waals surface area contributed by atoms with Crippen molar-refractivity contribution in [2.24, 2.45) is 0 Å². The average molecular weight is 528 g/mol. The standard InChI is InChI=1S/C25H24ClF2N7O2/c1-13(11-31-14(2)29)33-25(36)16-5-4-15(10-18(16)26)34-23-24-32-12-19(35(24)9-8-30-23)17-6-7-20(37-3)22(28)21(17)27/h4-10,12-13H,11H2,1-3H3,(H2,29,31)(H,30,34)(H,33,36)/t13-/m1/s1.